The summed E-state index contributed by atoms with van der Waals surface area (Å²) >= 11 is 0. The van der Waals surface area contributed by atoms with Crippen molar-refractivity contribution in [2.24, 2.45) is 5.18 Å². The Morgan fingerprint density at radius 3 is 2.76 bits per heavy atom. The van der Waals surface area contributed by atoms with E-state index in [0.29, 0.717) is 31.8 Å². The molecule has 0 bridgehead atoms. The van der Waals surface area contributed by atoms with Crippen LogP contribution in [0.3, 0.4) is 0 Å². The van der Waals surface area contributed by atoms with Gasteiger partial charge in [0.15, 0.2) is 5.65 Å². The summed E-state index contributed by atoms with van der Waals surface area (Å²) in [5.41, 5.74) is 7.35. The molecule has 9 heteroatoms. The van der Waals surface area contributed by atoms with Gasteiger partial charge in [-0.1, -0.05) is 6.07 Å². The van der Waals surface area contributed by atoms with Gasteiger partial charge >= 0.3 is 6.03 Å². The quantitative estimate of drug-likeness (QED) is 0.797. The number of carbonyl (C=O) groups is 1. The maximum atomic E-state index is 11.2. The van der Waals surface area contributed by atoms with Crippen LogP contribution >= 0.6 is 0 Å². The molecule has 0 saturated carbocycles. The third-order valence-corrected chi connectivity index (χ3v) is 3.54. The fourth-order valence-corrected chi connectivity index (χ4v) is 2.45. The van der Waals surface area contributed by atoms with E-state index in [9.17, 15) is 9.70 Å². The second-order valence-corrected chi connectivity index (χ2v) is 4.95. The zero-order chi connectivity index (χ0) is 14.8. The largest absolute Gasteiger partial charge is 0.381 e. The van der Waals surface area contributed by atoms with Crippen LogP contribution in [0.25, 0.3) is 5.65 Å². The molecule has 9 nitrogen and oxygen atoms in total. The molecule has 0 spiro atoms. The molecule has 0 aromatic carbocycles. The van der Waals surface area contributed by atoms with E-state index < -0.39 is 6.03 Å². The summed E-state index contributed by atoms with van der Waals surface area (Å²) in [6, 6.07) is 3.16. The van der Waals surface area contributed by atoms with Gasteiger partial charge in [0, 0.05) is 44.1 Å². The Labute approximate surface area is 120 Å². The molecule has 1 fully saturated rings. The zero-order valence-electron chi connectivity index (χ0n) is 11.3. The van der Waals surface area contributed by atoms with Gasteiger partial charge in [0.25, 0.3) is 0 Å². The monoisotopic (exact) mass is 289 g/mol. The second-order valence-electron chi connectivity index (χ2n) is 4.95. The summed E-state index contributed by atoms with van der Waals surface area (Å²) in [6.45, 7) is 3.19. The van der Waals surface area contributed by atoms with Crippen molar-refractivity contribution in [3.63, 3.8) is 0 Å². The first-order chi connectivity index (χ1) is 10.2. The van der Waals surface area contributed by atoms with Crippen LogP contribution in [0.15, 0.2) is 23.5 Å². The number of carbonyl (C=O) groups excluding carboxylic acids is 1. The van der Waals surface area contributed by atoms with E-state index in [2.05, 4.69) is 20.2 Å². The van der Waals surface area contributed by atoms with Crippen LogP contribution < -0.4 is 5.73 Å². The van der Waals surface area contributed by atoms with Crippen LogP contribution in [0.5, 0.6) is 0 Å². The van der Waals surface area contributed by atoms with Gasteiger partial charge in [0.05, 0.1) is 0 Å². The molecule has 2 aromatic heterocycles. The number of nitrogens with two attached hydrogens (primary N) is 1. The van der Waals surface area contributed by atoms with E-state index in [0.717, 1.165) is 12.1 Å². The fourth-order valence-electron chi connectivity index (χ4n) is 2.45. The standard InChI is InChI=1S/C12H15N7O2/c13-11-14-10-2-1-9(8-19(10)15-11)7-17-3-5-18(6-4-17)12(20)16-21/h1-2,8H,3-7H2,(H2,13,15). The average molecular weight is 289 g/mol. The van der Waals surface area contributed by atoms with Crippen molar-refractivity contribution in [3.8, 4) is 0 Å². The minimum Gasteiger partial charge on any atom is -0.366 e. The molecule has 0 atom stereocenters. The zero-order valence-corrected chi connectivity index (χ0v) is 11.3. The number of nitroso groups, excluding NO2 is 1. The van der Waals surface area contributed by atoms with Crippen LogP contribution in [0.2, 0.25) is 0 Å². The summed E-state index contributed by atoms with van der Waals surface area (Å²) in [5, 5.41) is 6.52. The fraction of sp³-hybridized carbons (Fsp3) is 0.417. The SMILES string of the molecule is Nc1nc2ccc(CN3CCN(C(=O)N=O)CC3)cn2n1. The first-order valence-electron chi connectivity index (χ1n) is 6.61. The smallest absolute Gasteiger partial charge is 0.366 e. The summed E-state index contributed by atoms with van der Waals surface area (Å²) < 4.78 is 1.65. The van der Waals surface area contributed by atoms with Crippen molar-refractivity contribution >= 4 is 17.6 Å². The highest BCUT2D eigenvalue weighted by atomic mass is 16.3. The molecular weight excluding hydrogens is 274 g/mol. The van der Waals surface area contributed by atoms with Crippen LogP contribution in [0.1, 0.15) is 5.56 Å². The number of hydrogen-bond acceptors (Lipinski definition) is 6. The van der Waals surface area contributed by atoms with Crippen LogP contribution in [-0.2, 0) is 6.54 Å². The number of rotatable bonds is 2. The lowest BCUT2D eigenvalue weighted by Crippen LogP contribution is -2.47. The van der Waals surface area contributed by atoms with Crippen molar-refractivity contribution < 1.29 is 4.79 Å². The third kappa shape index (κ3) is 2.82. The molecule has 0 radical (unpaired) electrons. The molecule has 2 N–H and O–H groups in total. The summed E-state index contributed by atoms with van der Waals surface area (Å²) in [6.07, 6.45) is 1.89. The van der Waals surface area contributed by atoms with Gasteiger partial charge in [-0.25, -0.2) is 9.31 Å². The topological polar surface area (TPSA) is 109 Å². The first-order valence-corrected chi connectivity index (χ1v) is 6.61. The molecular formula is C12H15N7O2. The van der Waals surface area contributed by atoms with Gasteiger partial charge in [-0.15, -0.1) is 10.0 Å². The van der Waals surface area contributed by atoms with Gasteiger partial charge < -0.3 is 10.6 Å². The van der Waals surface area contributed by atoms with E-state index in [-0.39, 0.29) is 5.95 Å². The lowest BCUT2D eigenvalue weighted by Gasteiger charge is -2.33. The number of nitrogen functional groups attached to an aromatic ring is 1. The highest BCUT2D eigenvalue weighted by Gasteiger charge is 2.21. The van der Waals surface area contributed by atoms with E-state index >= 15 is 0 Å². The molecule has 2 amide bonds. The van der Waals surface area contributed by atoms with E-state index in [1.807, 2.05) is 18.3 Å². The molecule has 1 saturated heterocycles. The summed E-state index contributed by atoms with van der Waals surface area (Å²) in [4.78, 5) is 29.1. The normalized spacial score (nSPS) is 16.3. The molecule has 1 aliphatic rings. The number of piperazine rings is 1. The van der Waals surface area contributed by atoms with Crippen molar-refractivity contribution in [3.05, 3.63) is 28.8 Å². The van der Waals surface area contributed by atoms with Gasteiger partial charge in [-0.05, 0) is 11.6 Å². The predicted octanol–water partition coefficient (Wildman–Crippen LogP) is 0.315. The van der Waals surface area contributed by atoms with Crippen molar-refractivity contribution in [1.82, 2.24) is 24.4 Å². The Hall–Kier alpha value is -2.55. The molecule has 3 heterocycles. The minimum absolute atomic E-state index is 0.251. The Balaban J connectivity index is 1.63. The lowest BCUT2D eigenvalue weighted by molar-refractivity contribution is 0.140. The van der Waals surface area contributed by atoms with Crippen LogP contribution in [0, 0.1) is 4.91 Å². The molecule has 1 aliphatic heterocycles. The number of pyridine rings is 1. The summed E-state index contributed by atoms with van der Waals surface area (Å²) in [5.74, 6) is 0.251. The molecule has 2 aromatic rings. The molecule has 0 aliphatic carbocycles. The van der Waals surface area contributed by atoms with Gasteiger partial charge in [0.1, 0.15) is 0 Å². The number of amides is 2. The van der Waals surface area contributed by atoms with Crippen molar-refractivity contribution in [1.29, 1.82) is 0 Å². The number of fused-ring (bicyclic) bond motifs is 1. The Kier molecular flexibility index (Phi) is 3.48. The predicted molar refractivity (Wildman–Crippen MR) is 75.4 cm³/mol. The third-order valence-electron chi connectivity index (χ3n) is 3.54. The summed E-state index contributed by atoms with van der Waals surface area (Å²) in [7, 11) is 0. The molecule has 21 heavy (non-hydrogen) atoms. The van der Waals surface area contributed by atoms with Crippen LogP contribution in [-0.4, -0.2) is 56.6 Å². The maximum Gasteiger partial charge on any atom is 0.381 e. The Bertz CT molecular complexity index is 675. The molecule has 110 valence electrons. The maximum absolute atomic E-state index is 11.2. The van der Waals surface area contributed by atoms with Gasteiger partial charge in [-0.3, -0.25) is 4.90 Å². The van der Waals surface area contributed by atoms with E-state index in [1.54, 1.807) is 4.52 Å². The Morgan fingerprint density at radius 1 is 1.29 bits per heavy atom. The number of nitrogens with zero attached hydrogens (tertiary/aromatic N) is 6. The minimum atomic E-state index is -0.686. The number of aromatic nitrogens is 3. The second kappa shape index (κ2) is 5.44. The lowest BCUT2D eigenvalue weighted by atomic mass is 10.2. The highest BCUT2D eigenvalue weighted by Crippen LogP contribution is 2.11. The number of urea groups is 1. The highest BCUT2D eigenvalue weighted by molar-refractivity contribution is 5.74. The van der Waals surface area contributed by atoms with Gasteiger partial charge in [-0.2, -0.15) is 4.98 Å². The van der Waals surface area contributed by atoms with E-state index in [4.69, 9.17) is 5.73 Å². The molecule has 0 unspecified atom stereocenters. The number of anilines is 1. The van der Waals surface area contributed by atoms with E-state index in [1.165, 1.54) is 4.90 Å². The number of hydrogen-bond donors (Lipinski definition) is 1. The molecule has 3 rings (SSSR count). The first kappa shape index (κ1) is 13.4. The Morgan fingerprint density at radius 2 is 2.05 bits per heavy atom. The van der Waals surface area contributed by atoms with Crippen molar-refractivity contribution in [2.75, 3.05) is 31.9 Å². The van der Waals surface area contributed by atoms with Crippen molar-refractivity contribution in [2.45, 2.75) is 6.54 Å². The average Bonchev–Trinajstić information content (AvgIpc) is 2.86. The van der Waals surface area contributed by atoms with Gasteiger partial charge in [0.2, 0.25) is 5.95 Å². The van der Waals surface area contributed by atoms with Crippen LogP contribution in [0.4, 0.5) is 10.7 Å².